The van der Waals surface area contributed by atoms with E-state index in [2.05, 4.69) is 76.7 Å². The zero-order chi connectivity index (χ0) is 36.2. The molecule has 11 nitrogen and oxygen atoms in total. The highest BCUT2D eigenvalue weighted by atomic mass is 35.5. The van der Waals surface area contributed by atoms with Crippen molar-refractivity contribution in [3.05, 3.63) is 105 Å². The van der Waals surface area contributed by atoms with E-state index in [9.17, 15) is 5.26 Å². The molecular formula is C39H47ClN8O3. The quantitative estimate of drug-likeness (QED) is 0.0411. The van der Waals surface area contributed by atoms with Crippen LogP contribution < -0.4 is 31.3 Å². The van der Waals surface area contributed by atoms with Crippen molar-refractivity contribution in [1.29, 1.82) is 5.26 Å². The first-order valence-electron chi connectivity index (χ1n) is 17.2. The molecule has 51 heavy (non-hydrogen) atoms. The molecule has 0 unspecified atom stereocenters. The maximum Gasteiger partial charge on any atom is 0.150 e. The van der Waals surface area contributed by atoms with Gasteiger partial charge in [-0.05, 0) is 99.3 Å². The number of hydrogen-bond donors (Lipinski definition) is 3. The lowest BCUT2D eigenvalue weighted by Crippen LogP contribution is -2.39. The van der Waals surface area contributed by atoms with Gasteiger partial charge in [0.25, 0.3) is 0 Å². The molecule has 0 saturated carbocycles. The van der Waals surface area contributed by atoms with Crippen LogP contribution in [0.4, 0.5) is 0 Å². The zero-order valence-corrected chi connectivity index (χ0v) is 30.4. The van der Waals surface area contributed by atoms with Gasteiger partial charge in [0.2, 0.25) is 0 Å². The number of hydrogen-bond acceptors (Lipinski definition) is 10. The molecule has 1 saturated heterocycles. The largest absolute Gasteiger partial charge is 0.493 e. The summed E-state index contributed by atoms with van der Waals surface area (Å²) in [6.45, 7) is 9.76. The highest BCUT2D eigenvalue weighted by molar-refractivity contribution is 6.32. The van der Waals surface area contributed by atoms with E-state index in [1.807, 2.05) is 18.0 Å². The van der Waals surface area contributed by atoms with Crippen molar-refractivity contribution in [1.82, 2.24) is 20.2 Å². The molecule has 1 aliphatic heterocycles. The van der Waals surface area contributed by atoms with Gasteiger partial charge >= 0.3 is 0 Å². The van der Waals surface area contributed by atoms with Gasteiger partial charge in [0.1, 0.15) is 42.4 Å². The van der Waals surface area contributed by atoms with Crippen LogP contribution in [0.2, 0.25) is 5.02 Å². The summed E-state index contributed by atoms with van der Waals surface area (Å²) in [5.41, 5.74) is 10.1. The number of nitrogens with zero attached hydrogens (tertiary/aromatic N) is 5. The number of ether oxygens (including phenoxy) is 3. The Labute approximate surface area is 305 Å². The van der Waals surface area contributed by atoms with Gasteiger partial charge in [-0.1, -0.05) is 41.9 Å². The van der Waals surface area contributed by atoms with E-state index in [0.717, 1.165) is 57.7 Å². The predicted molar refractivity (Wildman–Crippen MR) is 201 cm³/mol. The second-order valence-electron chi connectivity index (χ2n) is 12.8. The second-order valence-corrected chi connectivity index (χ2v) is 13.2. The van der Waals surface area contributed by atoms with Crippen molar-refractivity contribution in [2.75, 3.05) is 39.8 Å². The first-order chi connectivity index (χ1) is 24.8. The first-order valence-corrected chi connectivity index (χ1v) is 17.5. The summed E-state index contributed by atoms with van der Waals surface area (Å²) in [5, 5.41) is 13.4. The fourth-order valence-corrected chi connectivity index (χ4v) is 6.53. The van der Waals surface area contributed by atoms with E-state index in [4.69, 9.17) is 37.5 Å². The van der Waals surface area contributed by atoms with E-state index < -0.39 is 0 Å². The number of rotatable bonds is 16. The van der Waals surface area contributed by atoms with Crippen molar-refractivity contribution in [2.45, 2.75) is 52.9 Å². The molecule has 2 heterocycles. The number of amidine groups is 1. The van der Waals surface area contributed by atoms with Gasteiger partial charge in [-0.2, -0.15) is 10.4 Å². The monoisotopic (exact) mass is 710 g/mol. The number of aromatic nitrogens is 1. The summed E-state index contributed by atoms with van der Waals surface area (Å²) in [4.78, 5) is 8.64. The minimum Gasteiger partial charge on any atom is -0.493 e. The molecule has 0 amide bonds. The summed E-state index contributed by atoms with van der Waals surface area (Å²) >= 11 is 6.82. The normalized spacial score (nSPS) is 13.3. The Kier molecular flexibility index (Phi) is 13.5. The topological polar surface area (TPSA) is 147 Å². The maximum absolute atomic E-state index is 9.31. The number of halogens is 1. The number of hydrazone groups is 1. The Morgan fingerprint density at radius 3 is 2.45 bits per heavy atom. The lowest BCUT2D eigenvalue weighted by Gasteiger charge is -2.21. The number of nitrogens with two attached hydrogens (primary N) is 2. The fourth-order valence-electron chi connectivity index (χ4n) is 6.29. The number of pyridine rings is 1. The molecule has 0 spiro atoms. The van der Waals surface area contributed by atoms with E-state index in [-0.39, 0.29) is 6.61 Å². The molecule has 3 aromatic carbocycles. The average molecular weight is 711 g/mol. The van der Waals surface area contributed by atoms with Crippen molar-refractivity contribution in [3.63, 3.8) is 0 Å². The van der Waals surface area contributed by atoms with Crippen LogP contribution in [0.15, 0.2) is 72.1 Å². The molecule has 5 rings (SSSR count). The first kappa shape index (κ1) is 37.4. The van der Waals surface area contributed by atoms with Crippen molar-refractivity contribution in [3.8, 4) is 34.4 Å². The van der Waals surface area contributed by atoms with Gasteiger partial charge in [0, 0.05) is 42.7 Å². The van der Waals surface area contributed by atoms with Gasteiger partial charge in [0.15, 0.2) is 0 Å². The Morgan fingerprint density at radius 1 is 0.961 bits per heavy atom. The molecule has 12 heteroatoms. The molecule has 4 aromatic rings. The Balaban J connectivity index is 1.32. The third-order valence-electron chi connectivity index (χ3n) is 9.09. The molecule has 0 aliphatic carbocycles. The van der Waals surface area contributed by atoms with Crippen LogP contribution in [-0.2, 0) is 19.8 Å². The van der Waals surface area contributed by atoms with Crippen LogP contribution in [0, 0.1) is 25.2 Å². The van der Waals surface area contributed by atoms with Crippen LogP contribution in [0.5, 0.6) is 17.2 Å². The minimum absolute atomic E-state index is 0.196. The van der Waals surface area contributed by atoms with E-state index in [1.54, 1.807) is 18.3 Å². The van der Waals surface area contributed by atoms with Crippen LogP contribution in [0.3, 0.4) is 0 Å². The number of nitrogens with one attached hydrogen (secondary N) is 1. The summed E-state index contributed by atoms with van der Waals surface area (Å²) in [7, 11) is 1.90. The van der Waals surface area contributed by atoms with Crippen LogP contribution in [0.25, 0.3) is 11.1 Å². The second kappa shape index (κ2) is 18.4. The van der Waals surface area contributed by atoms with Crippen molar-refractivity contribution >= 4 is 17.4 Å². The van der Waals surface area contributed by atoms with Gasteiger partial charge < -0.3 is 30.4 Å². The lowest BCUT2D eigenvalue weighted by atomic mass is 9.93. The number of benzene rings is 3. The molecule has 1 aliphatic rings. The average Bonchev–Trinajstić information content (AvgIpc) is 3.66. The molecule has 0 radical (unpaired) electrons. The van der Waals surface area contributed by atoms with Crippen molar-refractivity contribution in [2.24, 2.45) is 16.8 Å². The molecule has 0 atom stereocenters. The lowest BCUT2D eigenvalue weighted by molar-refractivity contribution is 0.262. The van der Waals surface area contributed by atoms with Gasteiger partial charge in [0.05, 0.1) is 23.7 Å². The van der Waals surface area contributed by atoms with E-state index in [1.165, 1.54) is 32.1 Å². The number of nitriles is 1. The smallest absolute Gasteiger partial charge is 0.150 e. The molecular weight excluding hydrogens is 664 g/mol. The van der Waals surface area contributed by atoms with Gasteiger partial charge in [-0.15, -0.1) is 0 Å². The highest BCUT2D eigenvalue weighted by Crippen LogP contribution is 2.36. The molecule has 0 bridgehead atoms. The number of likely N-dealkylation sites (tertiary alicyclic amines) is 1. The number of likely N-dealkylation sites (N-methyl/N-ethyl adjacent to an activating group) is 1. The van der Waals surface area contributed by atoms with Gasteiger partial charge in [-0.25, -0.2) is 5.84 Å². The third-order valence-corrected chi connectivity index (χ3v) is 9.39. The molecule has 1 fully saturated rings. The fraction of sp³-hybridized carbons (Fsp3) is 0.359. The van der Waals surface area contributed by atoms with Crippen LogP contribution in [0.1, 0.15) is 52.6 Å². The van der Waals surface area contributed by atoms with E-state index >= 15 is 0 Å². The zero-order valence-electron chi connectivity index (χ0n) is 29.6. The minimum atomic E-state index is 0.196. The molecule has 268 valence electrons. The van der Waals surface area contributed by atoms with E-state index in [0.29, 0.717) is 54.2 Å². The summed E-state index contributed by atoms with van der Waals surface area (Å²) in [6.07, 6.45) is 6.81. The number of hydrazine groups is 1. The Bertz CT molecular complexity index is 1860. The Hall–Kier alpha value is -4.86. The highest BCUT2D eigenvalue weighted by Gasteiger charge is 2.17. The Morgan fingerprint density at radius 2 is 1.71 bits per heavy atom. The summed E-state index contributed by atoms with van der Waals surface area (Å²) < 4.78 is 18.9. The molecule has 1 aromatic heterocycles. The van der Waals surface area contributed by atoms with Crippen LogP contribution >= 0.6 is 11.6 Å². The summed E-state index contributed by atoms with van der Waals surface area (Å²) in [5.74, 6) is 13.4. The molecule has 5 N–H and O–H groups in total. The van der Waals surface area contributed by atoms with Crippen molar-refractivity contribution < 1.29 is 14.2 Å². The van der Waals surface area contributed by atoms with Gasteiger partial charge in [-0.3, -0.25) is 9.88 Å². The van der Waals surface area contributed by atoms with Crippen LogP contribution in [-0.4, -0.2) is 60.5 Å². The maximum atomic E-state index is 9.31. The summed E-state index contributed by atoms with van der Waals surface area (Å²) in [6, 6.07) is 20.0. The third kappa shape index (κ3) is 10.1. The standard InChI is InChI=1S/C39H47ClN8O3/c1-27-31(9-6-10-33(27)34-11-7-12-36(28(34)2)49-16-8-15-48-13-4-5-14-48)26-51-38-19-37(50-25-30-17-29(20-41)21-44-22-30)32(18-35(38)40)23-47(3)24-39(45-42)46-43/h6-7,9-12,17-19,21-22H,4-5,8,13-16,23-26,42-43H2,1-3H3,(H,45,46). The SMILES string of the molecule is Cc1c(COc2cc(OCc3cncc(C#N)c3)c(CN(C)C/C(=N/N)NN)cc2Cl)cccc1-c1cccc(OCCCN2CCCC2)c1C. The predicted octanol–water partition coefficient (Wildman–Crippen LogP) is 6.08.